The van der Waals surface area contributed by atoms with E-state index >= 15 is 0 Å². The summed E-state index contributed by atoms with van der Waals surface area (Å²) in [6, 6.07) is 5.61. The zero-order chi connectivity index (χ0) is 18.8. The van der Waals surface area contributed by atoms with Crippen molar-refractivity contribution in [3.05, 3.63) is 29.8 Å². The molecule has 1 heterocycles. The van der Waals surface area contributed by atoms with Crippen LogP contribution in [0.15, 0.2) is 29.2 Å². The van der Waals surface area contributed by atoms with E-state index in [1.807, 2.05) is 0 Å². The highest BCUT2D eigenvalue weighted by Crippen LogP contribution is 2.30. The summed E-state index contributed by atoms with van der Waals surface area (Å²) < 4.78 is 32.0. The van der Waals surface area contributed by atoms with Gasteiger partial charge in [-0.15, -0.1) is 0 Å². The normalized spacial score (nSPS) is 19.7. The molecule has 3 rings (SSSR count). The molecule has 0 aromatic heterocycles. The number of benzene rings is 1. The number of sulfonamides is 1. The van der Waals surface area contributed by atoms with Crippen LogP contribution in [0.1, 0.15) is 36.0 Å². The van der Waals surface area contributed by atoms with Gasteiger partial charge in [0.05, 0.1) is 10.3 Å². The Hall–Kier alpha value is -1.97. The fourth-order valence-corrected chi connectivity index (χ4v) is 4.16. The molecule has 1 saturated carbocycles. The molecule has 1 aliphatic heterocycles. The smallest absolute Gasteiger partial charge is 0.311 e. The minimum Gasteiger partial charge on any atom is -0.481 e. The molecule has 9 heteroatoms. The van der Waals surface area contributed by atoms with Gasteiger partial charge in [0.1, 0.15) is 0 Å². The van der Waals surface area contributed by atoms with Gasteiger partial charge in [0, 0.05) is 31.4 Å². The van der Waals surface area contributed by atoms with Crippen molar-refractivity contribution in [2.24, 2.45) is 5.41 Å². The van der Waals surface area contributed by atoms with Gasteiger partial charge < -0.3 is 15.2 Å². The molecule has 1 amide bonds. The highest BCUT2D eigenvalue weighted by molar-refractivity contribution is 7.89. The molecule has 0 atom stereocenters. The van der Waals surface area contributed by atoms with Crippen LogP contribution in [0.3, 0.4) is 0 Å². The molecule has 3 N–H and O–H groups in total. The third-order valence-electron chi connectivity index (χ3n) is 4.82. The Morgan fingerprint density at radius 2 is 1.77 bits per heavy atom. The molecule has 0 spiro atoms. The Morgan fingerprint density at radius 1 is 1.15 bits per heavy atom. The predicted octanol–water partition coefficient (Wildman–Crippen LogP) is 0.738. The first-order valence-electron chi connectivity index (χ1n) is 8.54. The SMILES string of the molecule is O=C(NCC1(C(=O)O)CCOCC1)c1ccc(S(=O)(=O)NC2CC2)cc1. The first kappa shape index (κ1) is 18.8. The van der Waals surface area contributed by atoms with E-state index in [2.05, 4.69) is 10.0 Å². The van der Waals surface area contributed by atoms with Gasteiger partial charge in [-0.25, -0.2) is 13.1 Å². The van der Waals surface area contributed by atoms with Crippen LogP contribution < -0.4 is 10.0 Å². The molecular formula is C17H22N2O6S. The van der Waals surface area contributed by atoms with Gasteiger partial charge in [0.15, 0.2) is 0 Å². The number of rotatable bonds is 7. The third-order valence-corrected chi connectivity index (χ3v) is 6.35. The third kappa shape index (κ3) is 4.22. The molecule has 1 aliphatic carbocycles. The van der Waals surface area contributed by atoms with Gasteiger partial charge in [-0.3, -0.25) is 9.59 Å². The number of nitrogens with one attached hydrogen (secondary N) is 2. The number of carboxylic acids is 1. The lowest BCUT2D eigenvalue weighted by atomic mass is 9.80. The van der Waals surface area contributed by atoms with Crippen LogP contribution in [0, 0.1) is 5.41 Å². The number of carbonyl (C=O) groups is 2. The first-order chi connectivity index (χ1) is 12.3. The molecule has 26 heavy (non-hydrogen) atoms. The number of hydrogen-bond donors (Lipinski definition) is 3. The van der Waals surface area contributed by atoms with E-state index in [9.17, 15) is 23.1 Å². The van der Waals surface area contributed by atoms with E-state index in [-0.39, 0.29) is 23.0 Å². The highest BCUT2D eigenvalue weighted by Gasteiger charge is 2.40. The van der Waals surface area contributed by atoms with Crippen LogP contribution in [0.5, 0.6) is 0 Å². The van der Waals surface area contributed by atoms with Gasteiger partial charge in [-0.05, 0) is 49.9 Å². The second kappa shape index (κ2) is 7.34. The fraction of sp³-hybridized carbons (Fsp3) is 0.529. The molecule has 1 aromatic rings. The second-order valence-corrected chi connectivity index (χ2v) is 8.51. The molecule has 142 valence electrons. The lowest BCUT2D eigenvalue weighted by molar-refractivity contribution is -0.154. The van der Waals surface area contributed by atoms with Crippen molar-refractivity contribution in [2.45, 2.75) is 36.6 Å². The maximum atomic E-state index is 12.3. The number of aliphatic carboxylic acids is 1. The van der Waals surface area contributed by atoms with Gasteiger partial charge >= 0.3 is 5.97 Å². The predicted molar refractivity (Wildman–Crippen MR) is 92.2 cm³/mol. The maximum absolute atomic E-state index is 12.3. The van der Waals surface area contributed by atoms with Gasteiger partial charge in [-0.2, -0.15) is 0 Å². The van der Waals surface area contributed by atoms with Crippen molar-refractivity contribution in [3.8, 4) is 0 Å². The molecular weight excluding hydrogens is 360 g/mol. The van der Waals surface area contributed by atoms with Crippen molar-refractivity contribution in [1.29, 1.82) is 0 Å². The Kier molecular flexibility index (Phi) is 5.31. The van der Waals surface area contributed by atoms with E-state index in [1.165, 1.54) is 24.3 Å². The lowest BCUT2D eigenvalue weighted by Crippen LogP contribution is -2.46. The second-order valence-electron chi connectivity index (χ2n) is 6.80. The summed E-state index contributed by atoms with van der Waals surface area (Å²) in [7, 11) is -3.56. The van der Waals surface area contributed by atoms with E-state index in [0.717, 1.165) is 12.8 Å². The molecule has 2 fully saturated rings. The van der Waals surface area contributed by atoms with E-state index in [0.29, 0.717) is 26.1 Å². The summed E-state index contributed by atoms with van der Waals surface area (Å²) in [5.74, 6) is -1.38. The van der Waals surface area contributed by atoms with Gasteiger partial charge in [-0.1, -0.05) is 0 Å². The van der Waals surface area contributed by atoms with Crippen molar-refractivity contribution in [1.82, 2.24) is 10.0 Å². The van der Waals surface area contributed by atoms with Crippen LogP contribution in [0.2, 0.25) is 0 Å². The lowest BCUT2D eigenvalue weighted by Gasteiger charge is -2.33. The average Bonchev–Trinajstić information content (AvgIpc) is 3.44. The number of carbonyl (C=O) groups excluding carboxylic acids is 1. The summed E-state index contributed by atoms with van der Waals surface area (Å²) in [5.41, 5.74) is -0.742. The molecule has 1 aromatic carbocycles. The largest absolute Gasteiger partial charge is 0.481 e. The van der Waals surface area contributed by atoms with Crippen LogP contribution in [0.4, 0.5) is 0 Å². The minimum atomic E-state index is -3.56. The number of amides is 1. The number of ether oxygens (including phenoxy) is 1. The average molecular weight is 382 g/mol. The molecule has 0 bridgehead atoms. The van der Waals surface area contributed by atoms with Crippen LogP contribution in [-0.2, 0) is 19.6 Å². The van der Waals surface area contributed by atoms with E-state index in [4.69, 9.17) is 4.74 Å². The highest BCUT2D eigenvalue weighted by atomic mass is 32.2. The Balaban J connectivity index is 1.63. The van der Waals surface area contributed by atoms with E-state index < -0.39 is 27.3 Å². The zero-order valence-electron chi connectivity index (χ0n) is 14.2. The number of carboxylic acid groups (broad SMARTS) is 1. The Labute approximate surface area is 152 Å². The topological polar surface area (TPSA) is 122 Å². The summed E-state index contributed by atoms with van der Waals surface area (Å²) >= 11 is 0. The Morgan fingerprint density at radius 3 is 2.31 bits per heavy atom. The summed E-state index contributed by atoms with van der Waals surface area (Å²) in [5, 5.41) is 12.1. The first-order valence-corrected chi connectivity index (χ1v) is 10.0. The van der Waals surface area contributed by atoms with Crippen LogP contribution in [0.25, 0.3) is 0 Å². The van der Waals surface area contributed by atoms with Crippen LogP contribution in [-0.4, -0.2) is 51.2 Å². The molecule has 8 nitrogen and oxygen atoms in total. The molecule has 2 aliphatic rings. The molecule has 1 saturated heterocycles. The quantitative estimate of drug-likeness (QED) is 0.639. The monoisotopic (exact) mass is 382 g/mol. The van der Waals surface area contributed by atoms with Gasteiger partial charge in [0.2, 0.25) is 10.0 Å². The standard InChI is InChI=1S/C17H22N2O6S/c20-15(18-11-17(16(21)22)7-9-25-10-8-17)12-1-5-14(6-2-12)26(23,24)19-13-3-4-13/h1-2,5-6,13,19H,3-4,7-11H2,(H,18,20)(H,21,22). The van der Waals surface area contributed by atoms with Crippen molar-refractivity contribution in [3.63, 3.8) is 0 Å². The maximum Gasteiger partial charge on any atom is 0.311 e. The van der Waals surface area contributed by atoms with Crippen molar-refractivity contribution in [2.75, 3.05) is 19.8 Å². The summed E-state index contributed by atoms with van der Waals surface area (Å²) in [4.78, 5) is 24.0. The van der Waals surface area contributed by atoms with Crippen LogP contribution >= 0.6 is 0 Å². The Bertz CT molecular complexity index is 780. The zero-order valence-corrected chi connectivity index (χ0v) is 15.0. The van der Waals surface area contributed by atoms with Crippen molar-refractivity contribution < 1.29 is 27.9 Å². The summed E-state index contributed by atoms with van der Waals surface area (Å²) in [6.07, 6.45) is 2.37. The molecule has 0 radical (unpaired) electrons. The van der Waals surface area contributed by atoms with Gasteiger partial charge in [0.25, 0.3) is 5.91 Å². The summed E-state index contributed by atoms with van der Waals surface area (Å²) in [6.45, 7) is 0.708. The fourth-order valence-electron chi connectivity index (χ4n) is 2.85. The van der Waals surface area contributed by atoms with E-state index in [1.54, 1.807) is 0 Å². The minimum absolute atomic E-state index is 0.00775. The molecule has 0 unspecified atom stereocenters. The number of hydrogen-bond acceptors (Lipinski definition) is 5. The van der Waals surface area contributed by atoms with Crippen molar-refractivity contribution >= 4 is 21.9 Å².